The predicted octanol–water partition coefficient (Wildman–Crippen LogP) is 25.8. The normalized spacial score (nSPS) is 13.8. The van der Waals surface area contributed by atoms with Crippen LogP contribution in [0.3, 0.4) is 0 Å². The molecule has 0 spiro atoms. The van der Waals surface area contributed by atoms with Crippen molar-refractivity contribution in [3.63, 3.8) is 0 Å². The number of carbonyl (C=O) groups is 4. The molecular weight excluding hydrogens is 1350 g/mol. The summed E-state index contributed by atoms with van der Waals surface area (Å²) in [6.45, 7) is 9.61. The molecule has 0 heterocycles. The molecule has 0 amide bonds. The molecule has 19 heteroatoms. The van der Waals surface area contributed by atoms with Crippen molar-refractivity contribution >= 4 is 39.5 Å². The van der Waals surface area contributed by atoms with Crippen LogP contribution >= 0.6 is 15.6 Å². The van der Waals surface area contributed by atoms with E-state index in [4.69, 9.17) is 37.0 Å². The third-order valence-electron chi connectivity index (χ3n) is 20.0. The second kappa shape index (κ2) is 76.4. The van der Waals surface area contributed by atoms with Gasteiger partial charge in [0.15, 0.2) is 12.2 Å². The second-order valence-electron chi connectivity index (χ2n) is 31.5. The van der Waals surface area contributed by atoms with Crippen LogP contribution in [0.25, 0.3) is 0 Å². The Morgan fingerprint density at radius 1 is 0.260 bits per heavy atom. The van der Waals surface area contributed by atoms with Crippen LogP contribution in [0.5, 0.6) is 0 Å². The molecule has 3 N–H and O–H groups in total. The number of phosphoric ester groups is 2. The molecule has 0 aromatic heterocycles. The molecule has 2 unspecified atom stereocenters. The number of carbonyl (C=O) groups excluding carboxylic acids is 4. The second-order valence-corrected chi connectivity index (χ2v) is 34.4. The van der Waals surface area contributed by atoms with Crippen molar-refractivity contribution in [1.29, 1.82) is 0 Å². The minimum Gasteiger partial charge on any atom is -0.462 e. The van der Waals surface area contributed by atoms with Crippen molar-refractivity contribution in [3.8, 4) is 0 Å². The molecule has 0 aliphatic carbocycles. The van der Waals surface area contributed by atoms with E-state index in [2.05, 4.69) is 41.5 Å². The van der Waals surface area contributed by atoms with E-state index in [0.717, 1.165) is 102 Å². The monoisotopic (exact) mass is 1520 g/mol. The number of hydrogen-bond acceptors (Lipinski definition) is 15. The van der Waals surface area contributed by atoms with Crippen LogP contribution in [0, 0.1) is 11.8 Å². The van der Waals surface area contributed by atoms with E-state index in [-0.39, 0.29) is 25.7 Å². The first kappa shape index (κ1) is 102. The van der Waals surface area contributed by atoms with Crippen molar-refractivity contribution in [2.24, 2.45) is 11.8 Å². The van der Waals surface area contributed by atoms with Crippen molar-refractivity contribution in [2.45, 2.75) is 471 Å². The molecule has 17 nitrogen and oxygen atoms in total. The number of aliphatic hydroxyl groups excluding tert-OH is 1. The Labute approximate surface area is 638 Å². The SMILES string of the molecule is CCCCCCCCCCCCCCCCCCCCCC(=O)OC[C@H](COP(=O)(O)OC[C@@H](O)COP(=O)(O)OC[C@@H](COC(=O)CCCCCCCCC(C)C)OC(=O)CCCCCCCCCCCCCCCCCCC)OC(=O)CCCCCCCCCCCCCCCCCCC(C)C. The summed E-state index contributed by atoms with van der Waals surface area (Å²) in [6.07, 6.45) is 68.2. The number of esters is 4. The maximum atomic E-state index is 13.1. The summed E-state index contributed by atoms with van der Waals surface area (Å²) in [6, 6.07) is 0. The van der Waals surface area contributed by atoms with Gasteiger partial charge in [0.2, 0.25) is 0 Å². The first-order chi connectivity index (χ1) is 50.4. The number of hydrogen-bond donors (Lipinski definition) is 3. The van der Waals surface area contributed by atoms with E-state index in [9.17, 15) is 43.2 Å². The van der Waals surface area contributed by atoms with Gasteiger partial charge in [0, 0.05) is 25.7 Å². The number of unbranched alkanes of at least 4 members (excludes halogenated alkanes) is 54. The highest BCUT2D eigenvalue weighted by Crippen LogP contribution is 2.45. The van der Waals surface area contributed by atoms with Gasteiger partial charge in [-0.05, 0) is 37.5 Å². The molecule has 0 aliphatic heterocycles. The van der Waals surface area contributed by atoms with Gasteiger partial charge in [-0.25, -0.2) is 9.13 Å². The number of rotatable bonds is 84. The smallest absolute Gasteiger partial charge is 0.462 e. The molecule has 618 valence electrons. The molecule has 0 aromatic carbocycles. The van der Waals surface area contributed by atoms with Crippen molar-refractivity contribution in [3.05, 3.63) is 0 Å². The summed E-state index contributed by atoms with van der Waals surface area (Å²) >= 11 is 0. The Hall–Kier alpha value is -1.94. The third kappa shape index (κ3) is 78.2. The van der Waals surface area contributed by atoms with Gasteiger partial charge in [-0.1, -0.05) is 401 Å². The Bertz CT molecular complexity index is 1990. The van der Waals surface area contributed by atoms with E-state index in [1.807, 2.05) is 0 Å². The summed E-state index contributed by atoms with van der Waals surface area (Å²) in [5.41, 5.74) is 0. The minimum atomic E-state index is -4.96. The van der Waals surface area contributed by atoms with Crippen LogP contribution in [-0.2, 0) is 65.4 Å². The Morgan fingerprint density at radius 2 is 0.442 bits per heavy atom. The lowest BCUT2D eigenvalue weighted by Crippen LogP contribution is -2.30. The zero-order valence-electron chi connectivity index (χ0n) is 68.3. The maximum Gasteiger partial charge on any atom is 0.472 e. The van der Waals surface area contributed by atoms with Crippen LogP contribution in [0.2, 0.25) is 0 Å². The highest BCUT2D eigenvalue weighted by atomic mass is 31.2. The summed E-state index contributed by atoms with van der Waals surface area (Å²) in [4.78, 5) is 73.1. The number of phosphoric acid groups is 2. The Balaban J connectivity index is 5.21. The summed E-state index contributed by atoms with van der Waals surface area (Å²) in [5.74, 6) is -0.617. The molecule has 0 fully saturated rings. The fourth-order valence-electron chi connectivity index (χ4n) is 13.2. The lowest BCUT2D eigenvalue weighted by molar-refractivity contribution is -0.161. The van der Waals surface area contributed by atoms with Gasteiger partial charge in [-0.2, -0.15) is 0 Å². The van der Waals surface area contributed by atoms with Crippen LogP contribution in [-0.4, -0.2) is 96.7 Å². The Morgan fingerprint density at radius 3 is 0.654 bits per heavy atom. The number of ether oxygens (including phenoxy) is 4. The fraction of sp³-hybridized carbons (Fsp3) is 0.953. The van der Waals surface area contributed by atoms with Gasteiger partial charge in [0.1, 0.15) is 19.3 Å². The standard InChI is InChI=1S/C85H166O17P2/c1-7-9-11-13-15-17-19-21-23-25-26-28-32-36-40-44-48-55-61-67-82(87)95-73-80(101-84(89)69-63-58-50-46-42-38-34-30-29-31-35-39-43-47-53-59-65-77(3)4)75-99-103(91,92)97-71-79(86)72-98-104(93,94)100-76-81(74-96-83(88)68-62-56-52-51-54-60-66-78(5)6)102-85(90)70-64-57-49-45-41-37-33-27-24-22-20-18-16-14-12-10-8-2/h77-81,86H,7-76H2,1-6H3,(H,91,92)(H,93,94)/t79-,80-,81-/m1/s1. The fourth-order valence-corrected chi connectivity index (χ4v) is 14.8. The molecule has 104 heavy (non-hydrogen) atoms. The molecule has 0 rings (SSSR count). The lowest BCUT2D eigenvalue weighted by Gasteiger charge is -2.21. The summed E-state index contributed by atoms with van der Waals surface area (Å²) < 4.78 is 68.8. The topological polar surface area (TPSA) is 237 Å². The van der Waals surface area contributed by atoms with Crippen molar-refractivity contribution in [1.82, 2.24) is 0 Å². The van der Waals surface area contributed by atoms with Crippen LogP contribution in [0.4, 0.5) is 0 Å². The maximum absolute atomic E-state index is 13.1. The van der Waals surface area contributed by atoms with Crippen LogP contribution in [0.1, 0.15) is 452 Å². The molecule has 5 atom stereocenters. The largest absolute Gasteiger partial charge is 0.472 e. The average molecular weight is 1520 g/mol. The van der Waals surface area contributed by atoms with Crippen LogP contribution < -0.4 is 0 Å². The highest BCUT2D eigenvalue weighted by Gasteiger charge is 2.30. The quantitative estimate of drug-likeness (QED) is 0.0222. The number of aliphatic hydroxyl groups is 1. The van der Waals surface area contributed by atoms with E-state index in [0.29, 0.717) is 31.6 Å². The lowest BCUT2D eigenvalue weighted by atomic mass is 10.0. The van der Waals surface area contributed by atoms with Gasteiger partial charge in [0.25, 0.3) is 0 Å². The molecule has 0 radical (unpaired) electrons. The molecule has 0 bridgehead atoms. The zero-order valence-corrected chi connectivity index (χ0v) is 70.1. The van der Waals surface area contributed by atoms with Crippen LogP contribution in [0.15, 0.2) is 0 Å². The Kier molecular flexibility index (Phi) is 75.0. The predicted molar refractivity (Wildman–Crippen MR) is 428 cm³/mol. The molecule has 0 saturated heterocycles. The van der Waals surface area contributed by atoms with Gasteiger partial charge >= 0.3 is 39.5 Å². The van der Waals surface area contributed by atoms with Gasteiger partial charge in [-0.3, -0.25) is 37.3 Å². The molecule has 0 aromatic rings. The zero-order chi connectivity index (χ0) is 76.4. The molecular formula is C85H166O17P2. The van der Waals surface area contributed by atoms with Gasteiger partial charge in [-0.15, -0.1) is 0 Å². The van der Waals surface area contributed by atoms with Crippen molar-refractivity contribution < 1.29 is 80.2 Å². The minimum absolute atomic E-state index is 0.108. The van der Waals surface area contributed by atoms with Crippen molar-refractivity contribution in [2.75, 3.05) is 39.6 Å². The first-order valence-corrected chi connectivity index (χ1v) is 47.0. The molecule has 0 saturated carbocycles. The average Bonchev–Trinajstić information content (AvgIpc) is 0.914. The highest BCUT2D eigenvalue weighted by molar-refractivity contribution is 7.47. The summed E-state index contributed by atoms with van der Waals surface area (Å²) in [5, 5.41) is 10.7. The van der Waals surface area contributed by atoms with E-state index < -0.39 is 97.5 Å². The third-order valence-corrected chi connectivity index (χ3v) is 21.9. The first-order valence-electron chi connectivity index (χ1n) is 44.0. The summed E-state index contributed by atoms with van der Waals surface area (Å²) in [7, 11) is -9.92. The van der Waals surface area contributed by atoms with Gasteiger partial charge < -0.3 is 33.8 Å². The van der Waals surface area contributed by atoms with E-state index in [1.165, 1.54) is 263 Å². The molecule has 0 aliphatic rings. The van der Waals surface area contributed by atoms with E-state index >= 15 is 0 Å². The van der Waals surface area contributed by atoms with E-state index in [1.54, 1.807) is 0 Å². The van der Waals surface area contributed by atoms with Gasteiger partial charge in [0.05, 0.1) is 26.4 Å².